The molecule has 1 aliphatic heterocycles. The number of hydrogen-bond donors (Lipinski definition) is 1. The van der Waals surface area contributed by atoms with Crippen LogP contribution in [-0.4, -0.2) is 40.3 Å². The maximum absolute atomic E-state index is 13.3. The van der Waals surface area contributed by atoms with Gasteiger partial charge in [0.1, 0.15) is 5.54 Å². The number of aromatic nitrogens is 1. The van der Waals surface area contributed by atoms with Gasteiger partial charge in [-0.05, 0) is 68.9 Å². The van der Waals surface area contributed by atoms with E-state index in [-0.39, 0.29) is 11.8 Å². The molecule has 0 unspecified atom stereocenters. The summed E-state index contributed by atoms with van der Waals surface area (Å²) in [5.41, 5.74) is 1.89. The van der Waals surface area contributed by atoms with E-state index in [1.807, 2.05) is 41.4 Å². The Bertz CT molecular complexity index is 1070. The van der Waals surface area contributed by atoms with E-state index in [1.54, 1.807) is 26.0 Å². The minimum atomic E-state index is -0.960. The molecule has 4 rings (SSSR count). The number of benzene rings is 2. The molecule has 0 radical (unpaired) electrons. The first-order valence-corrected chi connectivity index (χ1v) is 10.9. The van der Waals surface area contributed by atoms with Crippen LogP contribution in [0.2, 0.25) is 0 Å². The van der Waals surface area contributed by atoms with Crippen LogP contribution in [0.1, 0.15) is 42.6 Å². The topological polar surface area (TPSA) is 62.3 Å². The molecule has 0 saturated carbocycles. The monoisotopic (exact) mass is 415 g/mol. The minimum Gasteiger partial charge on any atom is -0.340 e. The first kappa shape index (κ1) is 21.0. The van der Waals surface area contributed by atoms with E-state index in [0.29, 0.717) is 18.0 Å². The Morgan fingerprint density at radius 2 is 1.87 bits per heavy atom. The lowest BCUT2D eigenvalue weighted by Crippen LogP contribution is -2.57. The molecule has 1 atom stereocenters. The Labute approximate surface area is 183 Å². The smallest absolute Gasteiger partial charge is 0.252 e. The predicted molar refractivity (Wildman–Crippen MR) is 123 cm³/mol. The summed E-state index contributed by atoms with van der Waals surface area (Å²) < 4.78 is 0. The van der Waals surface area contributed by atoms with Crippen molar-refractivity contribution in [2.24, 2.45) is 5.92 Å². The number of carbonyl (C=O) groups is 2. The molecule has 1 fully saturated rings. The standard InChI is InChI=1S/C26H29N3O2/c1-26(2,28-24(30)20-10-4-3-5-11-20)25(31)29-16-8-9-19(18-29)17-21-12-6-14-23-22(21)13-7-15-27-23/h3-7,10-15,19H,8-9,16-18H2,1-2H3,(H,28,30)/t19-/m0/s1. The molecule has 0 spiro atoms. The van der Waals surface area contributed by atoms with E-state index in [9.17, 15) is 9.59 Å². The normalized spacial score (nSPS) is 16.8. The zero-order valence-electron chi connectivity index (χ0n) is 18.2. The fraction of sp³-hybridized carbons (Fsp3) is 0.346. The number of piperidine rings is 1. The summed E-state index contributed by atoms with van der Waals surface area (Å²) in [4.78, 5) is 32.3. The lowest BCUT2D eigenvalue weighted by atomic mass is 9.88. The molecule has 0 aliphatic carbocycles. The van der Waals surface area contributed by atoms with Crippen molar-refractivity contribution in [3.8, 4) is 0 Å². The van der Waals surface area contributed by atoms with Crippen molar-refractivity contribution in [3.63, 3.8) is 0 Å². The highest BCUT2D eigenvalue weighted by Gasteiger charge is 2.36. The van der Waals surface area contributed by atoms with E-state index < -0.39 is 5.54 Å². The van der Waals surface area contributed by atoms with Gasteiger partial charge in [-0.1, -0.05) is 36.4 Å². The summed E-state index contributed by atoms with van der Waals surface area (Å²) in [6.07, 6.45) is 4.81. The molecular weight excluding hydrogens is 386 g/mol. The minimum absolute atomic E-state index is 0.0268. The third kappa shape index (κ3) is 4.76. The third-order valence-corrected chi connectivity index (χ3v) is 6.05. The van der Waals surface area contributed by atoms with Crippen molar-refractivity contribution >= 4 is 22.7 Å². The van der Waals surface area contributed by atoms with Gasteiger partial charge in [0.05, 0.1) is 5.52 Å². The van der Waals surface area contributed by atoms with Gasteiger partial charge in [-0.25, -0.2) is 0 Å². The summed E-state index contributed by atoms with van der Waals surface area (Å²) in [5, 5.41) is 4.10. The van der Waals surface area contributed by atoms with E-state index >= 15 is 0 Å². The lowest BCUT2D eigenvalue weighted by molar-refractivity contribution is -0.138. The number of pyridine rings is 1. The average molecular weight is 416 g/mol. The van der Waals surface area contributed by atoms with Crippen LogP contribution in [0.3, 0.4) is 0 Å². The second kappa shape index (κ2) is 8.88. The highest BCUT2D eigenvalue weighted by molar-refractivity contribution is 5.98. The average Bonchev–Trinajstić information content (AvgIpc) is 2.79. The van der Waals surface area contributed by atoms with Crippen LogP contribution in [0.15, 0.2) is 66.9 Å². The van der Waals surface area contributed by atoms with Crippen LogP contribution in [0.25, 0.3) is 10.9 Å². The van der Waals surface area contributed by atoms with Crippen LogP contribution in [-0.2, 0) is 11.2 Å². The van der Waals surface area contributed by atoms with Crippen LogP contribution in [0, 0.1) is 5.92 Å². The van der Waals surface area contributed by atoms with Gasteiger partial charge in [-0.15, -0.1) is 0 Å². The molecule has 2 heterocycles. The Kier molecular flexibility index (Phi) is 6.03. The van der Waals surface area contributed by atoms with Crippen molar-refractivity contribution in [1.29, 1.82) is 0 Å². The largest absolute Gasteiger partial charge is 0.340 e. The van der Waals surface area contributed by atoms with E-state index in [4.69, 9.17) is 0 Å². The number of nitrogens with one attached hydrogen (secondary N) is 1. The Morgan fingerprint density at radius 3 is 2.68 bits per heavy atom. The summed E-state index contributed by atoms with van der Waals surface area (Å²) in [5.74, 6) is 0.140. The number of rotatable bonds is 5. The molecule has 5 nitrogen and oxygen atoms in total. The number of nitrogens with zero attached hydrogens (tertiary/aromatic N) is 2. The number of hydrogen-bond acceptors (Lipinski definition) is 3. The van der Waals surface area contributed by atoms with Crippen molar-refractivity contribution in [2.45, 2.75) is 38.6 Å². The Morgan fingerprint density at radius 1 is 1.06 bits per heavy atom. The molecule has 31 heavy (non-hydrogen) atoms. The molecule has 160 valence electrons. The molecule has 2 amide bonds. The van der Waals surface area contributed by atoms with Crippen molar-refractivity contribution in [2.75, 3.05) is 13.1 Å². The van der Waals surface area contributed by atoms with Gasteiger partial charge in [0.15, 0.2) is 0 Å². The molecule has 0 bridgehead atoms. The van der Waals surface area contributed by atoms with Gasteiger partial charge in [-0.2, -0.15) is 0 Å². The summed E-state index contributed by atoms with van der Waals surface area (Å²) in [7, 11) is 0. The van der Waals surface area contributed by atoms with Crippen LogP contribution >= 0.6 is 0 Å². The van der Waals surface area contributed by atoms with Crippen LogP contribution in [0.5, 0.6) is 0 Å². The number of fused-ring (bicyclic) bond motifs is 1. The molecule has 1 aliphatic rings. The van der Waals surface area contributed by atoms with Crippen molar-refractivity contribution in [3.05, 3.63) is 78.0 Å². The summed E-state index contributed by atoms with van der Waals surface area (Å²) in [6, 6.07) is 19.4. The first-order chi connectivity index (χ1) is 14.9. The van der Waals surface area contributed by atoms with E-state index in [1.165, 1.54) is 10.9 Å². The second-order valence-electron chi connectivity index (χ2n) is 8.90. The Hall–Kier alpha value is -3.21. The van der Waals surface area contributed by atoms with Gasteiger partial charge >= 0.3 is 0 Å². The van der Waals surface area contributed by atoms with Gasteiger partial charge in [-0.3, -0.25) is 14.6 Å². The molecule has 2 aromatic carbocycles. The first-order valence-electron chi connectivity index (χ1n) is 10.9. The summed E-state index contributed by atoms with van der Waals surface area (Å²) >= 11 is 0. The summed E-state index contributed by atoms with van der Waals surface area (Å²) in [6.45, 7) is 5.02. The molecule has 1 aromatic heterocycles. The number of likely N-dealkylation sites (tertiary alicyclic amines) is 1. The van der Waals surface area contributed by atoms with Crippen LogP contribution in [0.4, 0.5) is 0 Å². The van der Waals surface area contributed by atoms with Crippen molar-refractivity contribution < 1.29 is 9.59 Å². The maximum atomic E-state index is 13.3. The molecular formula is C26H29N3O2. The van der Waals surface area contributed by atoms with E-state index in [2.05, 4.69) is 28.5 Å². The molecule has 1 saturated heterocycles. The van der Waals surface area contributed by atoms with Gasteiger partial charge in [0, 0.05) is 30.2 Å². The molecule has 3 aromatic rings. The third-order valence-electron chi connectivity index (χ3n) is 6.05. The van der Waals surface area contributed by atoms with Gasteiger partial charge < -0.3 is 10.2 Å². The highest BCUT2D eigenvalue weighted by atomic mass is 16.2. The quantitative estimate of drug-likeness (QED) is 0.679. The molecule has 1 N–H and O–H groups in total. The SMILES string of the molecule is CC(C)(NC(=O)c1ccccc1)C(=O)N1CCC[C@@H](Cc2cccc3ncccc23)C1. The number of amides is 2. The molecule has 5 heteroatoms. The predicted octanol–water partition coefficient (Wildman–Crippen LogP) is 4.22. The fourth-order valence-electron chi connectivity index (χ4n) is 4.47. The van der Waals surface area contributed by atoms with Crippen LogP contribution < -0.4 is 5.32 Å². The van der Waals surface area contributed by atoms with Crippen molar-refractivity contribution in [1.82, 2.24) is 15.2 Å². The van der Waals surface area contributed by atoms with E-state index in [0.717, 1.165) is 31.3 Å². The van der Waals surface area contributed by atoms with Gasteiger partial charge in [0.25, 0.3) is 5.91 Å². The number of carbonyl (C=O) groups excluding carboxylic acids is 2. The zero-order valence-corrected chi connectivity index (χ0v) is 18.2. The maximum Gasteiger partial charge on any atom is 0.252 e. The Balaban J connectivity index is 1.43. The lowest BCUT2D eigenvalue weighted by Gasteiger charge is -2.38. The fourth-order valence-corrected chi connectivity index (χ4v) is 4.47. The zero-order chi connectivity index (χ0) is 21.8. The van der Waals surface area contributed by atoms with Gasteiger partial charge in [0.2, 0.25) is 5.91 Å². The highest BCUT2D eigenvalue weighted by Crippen LogP contribution is 2.26. The second-order valence-corrected chi connectivity index (χ2v) is 8.90.